The molecule has 2 bridgehead atoms. The molecule has 5 rings (SSSR count). The molecule has 0 aromatic carbocycles. The summed E-state index contributed by atoms with van der Waals surface area (Å²) >= 11 is 0. The van der Waals surface area contributed by atoms with Gasteiger partial charge in [0.2, 0.25) is 0 Å². The Morgan fingerprint density at radius 1 is 1.17 bits per heavy atom. The van der Waals surface area contributed by atoms with Crippen LogP contribution in [0, 0.1) is 22.7 Å². The molecule has 0 unspecified atom stereocenters. The quantitative estimate of drug-likeness (QED) is 0.237. The number of ketones is 1. The topological polar surface area (TPSA) is 174 Å². The van der Waals surface area contributed by atoms with Gasteiger partial charge in [0.25, 0.3) is 0 Å². The Kier molecular flexibility index (Phi) is 3.89. The maximum absolute atomic E-state index is 12.6. The monoisotopic (exact) mass is 426 g/mol. The summed E-state index contributed by atoms with van der Waals surface area (Å²) in [5, 5.41) is 66.0. The van der Waals surface area contributed by atoms with Crippen LogP contribution in [0.2, 0.25) is 0 Å². The van der Waals surface area contributed by atoms with E-state index >= 15 is 0 Å². The summed E-state index contributed by atoms with van der Waals surface area (Å²) in [4.78, 5) is 25.1. The van der Waals surface area contributed by atoms with Gasteiger partial charge in [-0.25, -0.2) is 4.79 Å². The van der Waals surface area contributed by atoms with Crippen molar-refractivity contribution in [3.63, 3.8) is 0 Å². The predicted molar refractivity (Wildman–Crippen MR) is 95.5 cm³/mol. The number of rotatable bonds is 1. The van der Waals surface area contributed by atoms with Crippen molar-refractivity contribution in [1.82, 2.24) is 0 Å². The Bertz CT molecular complexity index is 872. The van der Waals surface area contributed by atoms with Crippen molar-refractivity contribution < 1.29 is 49.7 Å². The minimum Gasteiger partial charge on any atom is -0.460 e. The molecule has 11 atom stereocenters. The zero-order valence-electron chi connectivity index (χ0n) is 16.6. The molecular weight excluding hydrogens is 400 g/mol. The lowest BCUT2D eigenvalue weighted by atomic mass is 9.36. The van der Waals surface area contributed by atoms with Crippen LogP contribution < -0.4 is 0 Å². The molecule has 2 saturated carbocycles. The van der Waals surface area contributed by atoms with Gasteiger partial charge >= 0.3 is 5.97 Å². The number of aliphatic hydroxyl groups is 6. The molecule has 2 saturated heterocycles. The summed E-state index contributed by atoms with van der Waals surface area (Å²) in [6.45, 7) is 1.96. The van der Waals surface area contributed by atoms with E-state index in [2.05, 4.69) is 0 Å². The van der Waals surface area contributed by atoms with Gasteiger partial charge < -0.3 is 40.1 Å². The van der Waals surface area contributed by atoms with Crippen LogP contribution in [0.25, 0.3) is 0 Å². The molecule has 10 heteroatoms. The molecule has 30 heavy (non-hydrogen) atoms. The highest BCUT2D eigenvalue weighted by Crippen LogP contribution is 2.73. The lowest BCUT2D eigenvalue weighted by Gasteiger charge is -2.70. The standard InChI is InChI=1S/C20H26O10/c1-7-3-9(22)13(24)17(2)8(7)4-10-18-6-29-19(5-21,14(25)11(23)12(17)18)20(18,28)15(26)16(27)30-10/h3,8,10-15,21,23-26,28H,4-6H2,1-2H3/t8-,10+,11+,12+,13+,14-,15-,17-,18+,19-,20-/m0/s1. The molecule has 3 aliphatic carbocycles. The Morgan fingerprint density at radius 2 is 1.83 bits per heavy atom. The molecule has 2 aliphatic heterocycles. The average molecular weight is 426 g/mol. The van der Waals surface area contributed by atoms with Crippen LogP contribution in [0.5, 0.6) is 0 Å². The van der Waals surface area contributed by atoms with E-state index in [-0.39, 0.29) is 13.0 Å². The minimum atomic E-state index is -2.51. The fourth-order valence-corrected chi connectivity index (χ4v) is 7.64. The molecule has 5 aliphatic rings. The second-order valence-corrected chi connectivity index (χ2v) is 9.73. The Morgan fingerprint density at radius 3 is 2.47 bits per heavy atom. The van der Waals surface area contributed by atoms with Crippen LogP contribution >= 0.6 is 0 Å². The van der Waals surface area contributed by atoms with Gasteiger partial charge in [-0.1, -0.05) is 12.5 Å². The second-order valence-electron chi connectivity index (χ2n) is 9.73. The Hall–Kier alpha value is -1.40. The number of hydrogen-bond donors (Lipinski definition) is 6. The van der Waals surface area contributed by atoms with Crippen molar-refractivity contribution in [1.29, 1.82) is 0 Å². The number of esters is 1. The molecule has 166 valence electrons. The third kappa shape index (κ3) is 1.72. The first-order chi connectivity index (χ1) is 13.9. The molecule has 2 heterocycles. The number of carbonyl (C=O) groups excluding carboxylic acids is 2. The smallest absolute Gasteiger partial charge is 0.338 e. The molecule has 0 aromatic rings. The van der Waals surface area contributed by atoms with Crippen molar-refractivity contribution in [2.45, 2.75) is 62.0 Å². The number of ether oxygens (including phenoxy) is 2. The van der Waals surface area contributed by atoms with Crippen molar-refractivity contribution in [2.75, 3.05) is 13.2 Å². The second kappa shape index (κ2) is 5.69. The first-order valence-electron chi connectivity index (χ1n) is 10.1. The average Bonchev–Trinajstić information content (AvgIpc) is 2.91. The maximum Gasteiger partial charge on any atom is 0.338 e. The third-order valence-electron chi connectivity index (χ3n) is 8.96. The molecule has 0 radical (unpaired) electrons. The highest BCUT2D eigenvalue weighted by atomic mass is 16.6. The molecule has 4 fully saturated rings. The molecule has 6 N–H and O–H groups in total. The summed E-state index contributed by atoms with van der Waals surface area (Å²) in [5.74, 6) is -3.40. The number of carbonyl (C=O) groups is 2. The van der Waals surface area contributed by atoms with E-state index in [9.17, 15) is 40.2 Å². The van der Waals surface area contributed by atoms with Crippen LogP contribution in [-0.2, 0) is 19.1 Å². The van der Waals surface area contributed by atoms with E-state index in [0.29, 0.717) is 5.57 Å². The molecular formula is C20H26O10. The van der Waals surface area contributed by atoms with Gasteiger partial charge in [-0.3, -0.25) is 4.79 Å². The van der Waals surface area contributed by atoms with Gasteiger partial charge in [0.05, 0.1) is 24.7 Å². The van der Waals surface area contributed by atoms with Crippen molar-refractivity contribution in [3.8, 4) is 0 Å². The van der Waals surface area contributed by atoms with E-state index < -0.39 is 82.7 Å². The molecule has 1 spiro atoms. The van der Waals surface area contributed by atoms with Crippen molar-refractivity contribution >= 4 is 11.8 Å². The van der Waals surface area contributed by atoms with Gasteiger partial charge in [0, 0.05) is 11.3 Å². The highest BCUT2D eigenvalue weighted by molar-refractivity contribution is 5.96. The van der Waals surface area contributed by atoms with E-state index in [1.165, 1.54) is 6.08 Å². The summed E-state index contributed by atoms with van der Waals surface area (Å²) in [6, 6.07) is 0. The largest absolute Gasteiger partial charge is 0.460 e. The number of aliphatic hydroxyl groups excluding tert-OH is 5. The highest BCUT2D eigenvalue weighted by Gasteiger charge is 2.89. The van der Waals surface area contributed by atoms with Crippen LogP contribution in [-0.4, -0.2) is 97.3 Å². The van der Waals surface area contributed by atoms with Gasteiger partial charge in [-0.15, -0.1) is 0 Å². The maximum atomic E-state index is 12.6. The SMILES string of the molecule is CC1=CC(=O)[C@@H](O)[C@]2(C)[C@H]3[C@@H](O)[C@H](O)[C@]4(CO)OC[C@@]35[C@@H](C[C@@H]12)OC(=O)[C@H](O)[C@]54O. The fourth-order valence-electron chi connectivity index (χ4n) is 7.64. The number of allylic oxidation sites excluding steroid dienone is 1. The molecule has 0 aromatic heterocycles. The predicted octanol–water partition coefficient (Wildman–Crippen LogP) is -2.98. The normalized spacial score (nSPS) is 59.2. The van der Waals surface area contributed by atoms with Gasteiger partial charge in [0.1, 0.15) is 23.9 Å². The Labute approximate surface area is 171 Å². The van der Waals surface area contributed by atoms with Crippen LogP contribution in [0.1, 0.15) is 20.3 Å². The van der Waals surface area contributed by atoms with Crippen LogP contribution in [0.15, 0.2) is 11.6 Å². The van der Waals surface area contributed by atoms with E-state index in [0.717, 1.165) is 0 Å². The summed E-state index contributed by atoms with van der Waals surface area (Å²) in [7, 11) is 0. The van der Waals surface area contributed by atoms with E-state index in [1.807, 2.05) is 0 Å². The Balaban J connectivity index is 1.83. The first-order valence-corrected chi connectivity index (χ1v) is 10.1. The van der Waals surface area contributed by atoms with Crippen LogP contribution in [0.3, 0.4) is 0 Å². The van der Waals surface area contributed by atoms with Crippen molar-refractivity contribution in [2.24, 2.45) is 22.7 Å². The first kappa shape index (κ1) is 20.5. The van der Waals surface area contributed by atoms with Gasteiger partial charge in [0.15, 0.2) is 17.5 Å². The van der Waals surface area contributed by atoms with Crippen molar-refractivity contribution in [3.05, 3.63) is 11.6 Å². The lowest BCUT2D eigenvalue weighted by molar-refractivity contribution is -0.357. The molecule has 0 amide bonds. The van der Waals surface area contributed by atoms with Gasteiger partial charge in [-0.05, 0) is 25.3 Å². The zero-order valence-corrected chi connectivity index (χ0v) is 16.6. The van der Waals surface area contributed by atoms with E-state index in [4.69, 9.17) is 9.47 Å². The zero-order chi connectivity index (χ0) is 22.0. The minimum absolute atomic E-state index is 0.105. The van der Waals surface area contributed by atoms with E-state index in [1.54, 1.807) is 13.8 Å². The number of fused-ring (bicyclic) bond motifs is 2. The van der Waals surface area contributed by atoms with Gasteiger partial charge in [-0.2, -0.15) is 0 Å². The summed E-state index contributed by atoms with van der Waals surface area (Å²) in [5.41, 5.74) is -7.15. The fraction of sp³-hybridized carbons (Fsp3) is 0.800. The third-order valence-corrected chi connectivity index (χ3v) is 8.96. The molecule has 10 nitrogen and oxygen atoms in total. The number of hydrogen-bond acceptors (Lipinski definition) is 10. The summed E-state index contributed by atoms with van der Waals surface area (Å²) < 4.78 is 11.2. The lowest BCUT2D eigenvalue weighted by Crippen LogP contribution is -2.87. The van der Waals surface area contributed by atoms with Crippen LogP contribution in [0.4, 0.5) is 0 Å². The summed E-state index contributed by atoms with van der Waals surface area (Å²) in [6.07, 6.45) is -6.90.